The van der Waals surface area contributed by atoms with Gasteiger partial charge in [0.25, 0.3) is 30.4 Å². The van der Waals surface area contributed by atoms with Crippen molar-refractivity contribution in [2.75, 3.05) is 18.0 Å². The molecule has 0 amide bonds. The van der Waals surface area contributed by atoms with E-state index in [2.05, 4.69) is 0 Å². The summed E-state index contributed by atoms with van der Waals surface area (Å²) in [5, 5.41) is 0. The fourth-order valence-corrected chi connectivity index (χ4v) is 7.67. The molecule has 0 saturated carbocycles. The zero-order chi connectivity index (χ0) is 37.0. The van der Waals surface area contributed by atoms with Gasteiger partial charge < -0.3 is 13.2 Å². The van der Waals surface area contributed by atoms with E-state index in [4.69, 9.17) is 0 Å². The molecule has 4 aromatic rings. The zero-order valence-electron chi connectivity index (χ0n) is 32.3. The molecule has 0 spiro atoms. The Labute approximate surface area is 363 Å². The van der Waals surface area contributed by atoms with Crippen molar-refractivity contribution in [3.05, 3.63) is 149 Å². The van der Waals surface area contributed by atoms with E-state index in [1.807, 2.05) is 71.9 Å². The van der Waals surface area contributed by atoms with Crippen LogP contribution in [-0.2, 0) is 43.4 Å². The first-order valence-electron chi connectivity index (χ1n) is 15.9. The molecule has 278 valence electrons. The van der Waals surface area contributed by atoms with Gasteiger partial charge >= 0.3 is 59.1 Å². The molecule has 12 nitrogen and oxygen atoms in total. The molecule has 5 N–H and O–H groups in total. The number of hydrogen-bond acceptors (Lipinski definition) is 7. The van der Waals surface area contributed by atoms with E-state index in [1.165, 1.54) is 36.4 Å². The summed E-state index contributed by atoms with van der Waals surface area (Å²) in [5.74, 6) is 0. The van der Waals surface area contributed by atoms with Crippen molar-refractivity contribution in [1.82, 2.24) is 0 Å². The van der Waals surface area contributed by atoms with E-state index in [0.717, 1.165) is 11.4 Å². The third-order valence-corrected chi connectivity index (χ3v) is 11.0. The van der Waals surface area contributed by atoms with Crippen molar-refractivity contribution in [3.8, 4) is 0 Å². The summed E-state index contributed by atoms with van der Waals surface area (Å²) in [6, 6.07) is 25.8. The van der Waals surface area contributed by atoms with Crippen molar-refractivity contribution in [3.63, 3.8) is 0 Å². The largest absolute Gasteiger partial charge is 1.00 e. The maximum absolute atomic E-state index is 12.5. The van der Waals surface area contributed by atoms with Gasteiger partial charge in [-0.2, -0.15) is 25.3 Å². The molecule has 0 saturated heterocycles. The van der Waals surface area contributed by atoms with Crippen molar-refractivity contribution in [2.24, 2.45) is 0 Å². The Morgan fingerprint density at radius 3 is 1.72 bits per heavy atom. The Morgan fingerprint density at radius 1 is 0.667 bits per heavy atom. The third-order valence-electron chi connectivity index (χ3n) is 8.38. The fraction of sp³-hybridized carbons (Fsp3) is 0.162. The van der Waals surface area contributed by atoms with Crippen LogP contribution >= 0.6 is 0 Å². The summed E-state index contributed by atoms with van der Waals surface area (Å²) in [6.45, 7) is 5.77. The molecule has 0 atom stereocenters. The second-order valence-electron chi connectivity index (χ2n) is 11.7. The maximum atomic E-state index is 12.5. The first kappa shape index (κ1) is 47.4. The Balaban J connectivity index is 0.00000605. The smallest absolute Gasteiger partial charge is 1.00 e. The Bertz CT molecular complexity index is 2420. The minimum Gasteiger partial charge on any atom is -1.00 e. The average Bonchev–Trinajstić information content (AvgIpc) is 3.10. The van der Waals surface area contributed by atoms with E-state index in [-0.39, 0.29) is 82.1 Å². The van der Waals surface area contributed by atoms with E-state index in [1.54, 1.807) is 36.4 Å². The van der Waals surface area contributed by atoms with Crippen molar-refractivity contribution >= 4 is 47.3 Å². The van der Waals surface area contributed by atoms with Gasteiger partial charge in [-0.1, -0.05) is 54.6 Å². The van der Waals surface area contributed by atoms with E-state index in [0.29, 0.717) is 59.6 Å². The van der Waals surface area contributed by atoms with Gasteiger partial charge in [0, 0.05) is 42.1 Å². The Kier molecular flexibility index (Phi) is 17.5. The van der Waals surface area contributed by atoms with Crippen LogP contribution in [0.4, 0.5) is 5.69 Å². The summed E-state index contributed by atoms with van der Waals surface area (Å²) in [4.78, 5) is 1.37. The van der Waals surface area contributed by atoms with Gasteiger partial charge in [0.05, 0.1) is 9.79 Å². The molecule has 0 aliphatic heterocycles. The normalized spacial score (nSPS) is 12.6. The van der Waals surface area contributed by atoms with Crippen molar-refractivity contribution in [1.29, 1.82) is 0 Å². The van der Waals surface area contributed by atoms with Gasteiger partial charge in [0.2, 0.25) is 0 Å². The fourth-order valence-electron chi connectivity index (χ4n) is 5.87. The van der Waals surface area contributed by atoms with E-state index in [9.17, 15) is 38.9 Å². The standard InChI is InChI=1S/C37H36N2O9S3.2Na.H2O.2H/c1-3-38(25-27-9-7-11-33(23-27)49(40,41)42)31-19-15-29(16-20-31)37(35-13-5-6-14-36(35)51(46,47)48)30-17-21-32(22-18-30)39(4-2)26-28-10-8-12-34(24-28)50(43,44)45;;;;;/h5-24H,3-4,25-26H2,1-2H3,(H2-,40,41,42,43,44,45,46,47,48);;;1H2;;/q;2*+1;;2*-1/p+1. The average molecular weight is 816 g/mol. The molecule has 4 aromatic carbocycles. The molecule has 5 rings (SSSR count). The van der Waals surface area contributed by atoms with Crippen LogP contribution in [0.2, 0.25) is 0 Å². The summed E-state index contributed by atoms with van der Waals surface area (Å²) in [7, 11) is -13.3. The van der Waals surface area contributed by atoms with Crippen LogP contribution in [0.3, 0.4) is 0 Å². The first-order chi connectivity index (χ1) is 24.1. The molecule has 0 fully saturated rings. The van der Waals surface area contributed by atoms with Crippen LogP contribution < -0.4 is 64.0 Å². The SMILES string of the molecule is CCN(Cc1cccc(S(=O)(=O)O)c1)c1ccc(C(=C2C=CC(=[N+](CC)Cc3cccc(S(=O)(=O)O)c3)C=C2)c2ccccc2S(=O)(=O)O)cc1.O.[H-].[H-].[Na+].[Na+]. The second kappa shape index (κ2) is 19.9. The molecule has 0 aromatic heterocycles. The first-order valence-corrected chi connectivity index (χ1v) is 20.2. The Hall–Kier alpha value is -2.74. The summed E-state index contributed by atoms with van der Waals surface area (Å²) in [5.41, 5.74) is 5.16. The number of rotatable bonds is 12. The molecule has 54 heavy (non-hydrogen) atoms. The monoisotopic (exact) mass is 815 g/mol. The predicted molar refractivity (Wildman–Crippen MR) is 202 cm³/mol. The quantitative estimate of drug-likeness (QED) is 0.0949. The van der Waals surface area contributed by atoms with E-state index < -0.39 is 30.4 Å². The van der Waals surface area contributed by atoms with Gasteiger partial charge in [-0.25, -0.2) is 4.58 Å². The Morgan fingerprint density at radius 2 is 1.20 bits per heavy atom. The predicted octanol–water partition coefficient (Wildman–Crippen LogP) is -0.537. The van der Waals surface area contributed by atoms with E-state index >= 15 is 0 Å². The van der Waals surface area contributed by atoms with Gasteiger partial charge in [0.15, 0.2) is 12.3 Å². The molecular formula is C37H41N2Na2O10S3+. The van der Waals surface area contributed by atoms with Crippen molar-refractivity contribution < 1.29 is 111 Å². The van der Waals surface area contributed by atoms with Gasteiger partial charge in [-0.05, 0) is 90.7 Å². The molecule has 0 unspecified atom stereocenters. The van der Waals surface area contributed by atoms with Crippen LogP contribution in [0.25, 0.3) is 5.57 Å². The topological polar surface area (TPSA) is 201 Å². The molecule has 1 aliphatic carbocycles. The van der Waals surface area contributed by atoms with Gasteiger partial charge in [-0.3, -0.25) is 13.7 Å². The van der Waals surface area contributed by atoms with Crippen LogP contribution in [0.15, 0.2) is 142 Å². The van der Waals surface area contributed by atoms with Crippen LogP contribution in [0, 0.1) is 0 Å². The zero-order valence-corrected chi connectivity index (χ0v) is 36.7. The van der Waals surface area contributed by atoms with Crippen LogP contribution in [-0.4, -0.2) is 67.8 Å². The van der Waals surface area contributed by atoms with Crippen molar-refractivity contribution in [2.45, 2.75) is 41.6 Å². The summed E-state index contributed by atoms with van der Waals surface area (Å²) >= 11 is 0. The molecule has 0 bridgehead atoms. The molecule has 17 heteroatoms. The number of anilines is 1. The molecule has 0 radical (unpaired) electrons. The van der Waals surface area contributed by atoms with Gasteiger partial charge in [0.1, 0.15) is 11.4 Å². The summed E-state index contributed by atoms with van der Waals surface area (Å²) < 4.78 is 103. The summed E-state index contributed by atoms with van der Waals surface area (Å²) in [6.07, 6.45) is 7.43. The molecule has 1 aliphatic rings. The molecule has 0 heterocycles. The number of hydrogen-bond donors (Lipinski definition) is 3. The molecular weight excluding hydrogens is 775 g/mol. The maximum Gasteiger partial charge on any atom is 1.00 e. The van der Waals surface area contributed by atoms with Gasteiger partial charge in [-0.15, -0.1) is 0 Å². The minimum absolute atomic E-state index is 0. The third kappa shape index (κ3) is 11.9. The minimum atomic E-state index is -4.60. The number of allylic oxidation sites excluding steroid dienone is 5. The van der Waals surface area contributed by atoms with Crippen LogP contribution in [0.1, 0.15) is 39.0 Å². The number of nitrogens with zero attached hydrogens (tertiary/aromatic N) is 2. The van der Waals surface area contributed by atoms with Crippen LogP contribution in [0.5, 0.6) is 0 Å². The second-order valence-corrected chi connectivity index (χ2v) is 15.9. The number of benzene rings is 4.